The van der Waals surface area contributed by atoms with E-state index < -0.39 is 11.8 Å². The smallest absolute Gasteiger partial charge is 0.217 e. The molecule has 1 aliphatic rings. The molecule has 0 aliphatic carbocycles. The predicted molar refractivity (Wildman–Crippen MR) is 35.9 cm³/mol. The van der Waals surface area contributed by atoms with E-state index in [-0.39, 0.29) is 10.9 Å². The molecule has 0 spiro atoms. The summed E-state index contributed by atoms with van der Waals surface area (Å²) in [5.74, 6) is 0.577. The lowest BCUT2D eigenvalue weighted by Crippen LogP contribution is -2.15. The minimum atomic E-state index is -0.666. The van der Waals surface area contributed by atoms with Gasteiger partial charge in [0.05, 0.1) is 6.42 Å². The van der Waals surface area contributed by atoms with Crippen molar-refractivity contribution in [1.82, 2.24) is 0 Å². The highest BCUT2D eigenvalue weighted by molar-refractivity contribution is 8.15. The highest BCUT2D eigenvalue weighted by Gasteiger charge is 2.15. The van der Waals surface area contributed by atoms with Gasteiger partial charge in [0.25, 0.3) is 0 Å². The summed E-state index contributed by atoms with van der Waals surface area (Å²) in [6, 6.07) is 0. The zero-order valence-electron chi connectivity index (χ0n) is 4.44. The minimum absolute atomic E-state index is 0.142. The van der Waals surface area contributed by atoms with Gasteiger partial charge in [-0.25, -0.2) is 0 Å². The van der Waals surface area contributed by atoms with Gasteiger partial charge in [-0.3, -0.25) is 21.4 Å². The summed E-state index contributed by atoms with van der Waals surface area (Å²) < 4.78 is 0. The molecule has 1 fully saturated rings. The van der Waals surface area contributed by atoms with Crippen molar-refractivity contribution in [3.63, 3.8) is 0 Å². The van der Waals surface area contributed by atoms with E-state index in [1.165, 1.54) is 0 Å². The first-order valence-electron chi connectivity index (χ1n) is 2.62. The predicted octanol–water partition coefficient (Wildman–Crippen LogP) is -0.771. The van der Waals surface area contributed by atoms with Crippen LogP contribution < -0.4 is 0 Å². The van der Waals surface area contributed by atoms with Gasteiger partial charge in [0.2, 0.25) is 10.9 Å². The second-order valence-corrected chi connectivity index (χ2v) is 3.63. The molecule has 0 saturated carbocycles. The van der Waals surface area contributed by atoms with Crippen LogP contribution in [0.5, 0.6) is 0 Å². The maximum Gasteiger partial charge on any atom is 0.217 e. The number of ketones is 1. The molecule has 1 aliphatic heterocycles. The van der Waals surface area contributed by atoms with E-state index in [4.69, 9.17) is 0 Å². The fourth-order valence-electron chi connectivity index (χ4n) is 0.663. The molecule has 0 aromatic carbocycles. The van der Waals surface area contributed by atoms with E-state index in [9.17, 15) is 9.59 Å². The molecule has 8 heavy (non-hydrogen) atoms. The lowest BCUT2D eigenvalue weighted by molar-refractivity contribution is -0.129. The molecular formula is C5H8O2S. The van der Waals surface area contributed by atoms with E-state index in [1.54, 1.807) is 0 Å². The van der Waals surface area contributed by atoms with E-state index in [2.05, 4.69) is 6.42 Å². The summed E-state index contributed by atoms with van der Waals surface area (Å²) in [5.41, 5.74) is 0. The molecule has 0 aromatic rings. The first-order valence-corrected chi connectivity index (χ1v) is 4.32. The summed E-state index contributed by atoms with van der Waals surface area (Å²) in [6.07, 6.45) is 3.20. The van der Waals surface area contributed by atoms with Crippen LogP contribution in [-0.4, -0.2) is 16.7 Å². The highest BCUT2D eigenvalue weighted by Crippen LogP contribution is 2.13. The normalized spacial score (nSPS) is 22.5. The maximum absolute atomic E-state index is 10.4. The molecule has 0 amide bonds. The molecule has 0 atom stereocenters. The van der Waals surface area contributed by atoms with Crippen molar-refractivity contribution in [2.45, 2.75) is 6.42 Å². The van der Waals surface area contributed by atoms with Gasteiger partial charge in [-0.2, -0.15) is 0 Å². The molecule has 3 heteroatoms. The quantitative estimate of drug-likeness (QED) is 0.406. The molecule has 0 unspecified atom stereocenters. The van der Waals surface area contributed by atoms with Crippen LogP contribution in [0.2, 0.25) is 0 Å². The van der Waals surface area contributed by atoms with Crippen LogP contribution >= 0.6 is 11.8 Å². The van der Waals surface area contributed by atoms with Crippen molar-refractivity contribution in [2.75, 3.05) is 5.75 Å². The van der Waals surface area contributed by atoms with E-state index in [0.717, 1.165) is 12.2 Å². The Hall–Kier alpha value is -0.310. The van der Waals surface area contributed by atoms with Gasteiger partial charge in [0.15, 0.2) is 0 Å². The number of rotatable bonds is 0. The second-order valence-electron chi connectivity index (χ2n) is 1.78. The van der Waals surface area contributed by atoms with Crippen LogP contribution in [-0.2, 0) is 9.59 Å². The summed E-state index contributed by atoms with van der Waals surface area (Å²) in [5, 5.41) is -0.142. The molecule has 0 bridgehead atoms. The summed E-state index contributed by atoms with van der Waals surface area (Å²) in [7, 11) is 0. The number of hydrogen-bond donors (Lipinski definition) is 0. The van der Waals surface area contributed by atoms with Gasteiger partial charge >= 0.3 is 0 Å². The standard InChI is InChI=1S/C5H8O2S/c6-4-2-1-3-8-5(4)7/h1,3H2,8H4. The Morgan fingerprint density at radius 2 is 2.25 bits per heavy atom. The Morgan fingerprint density at radius 1 is 1.50 bits per heavy atom. The number of Topliss-reactive ketones (excluding diaryl/α,β-unsaturated/α-hetero) is 1. The van der Waals surface area contributed by atoms with E-state index in [0.29, 0.717) is 0 Å². The molecule has 46 valence electrons. The van der Waals surface area contributed by atoms with Gasteiger partial charge < -0.3 is 0 Å². The van der Waals surface area contributed by atoms with Crippen LogP contribution in [0.15, 0.2) is 0 Å². The molecule has 2 radical (unpaired) electrons. The van der Waals surface area contributed by atoms with Crippen molar-refractivity contribution in [3.8, 4) is 0 Å². The Labute approximate surface area is 51.6 Å². The van der Waals surface area contributed by atoms with Gasteiger partial charge in [-0.05, 0) is 12.2 Å². The topological polar surface area (TPSA) is 34.1 Å². The molecule has 0 N–H and O–H groups in total. The highest BCUT2D eigenvalue weighted by atomic mass is 32.2. The fourth-order valence-corrected chi connectivity index (χ4v) is 1.69. The Kier molecular flexibility index (Phi) is 1.68. The lowest BCUT2D eigenvalue weighted by atomic mass is 10.2. The van der Waals surface area contributed by atoms with Crippen molar-refractivity contribution >= 4 is 22.7 Å². The zero-order chi connectivity index (χ0) is 5.98. The third-order valence-corrected chi connectivity index (χ3v) is 2.60. The molecule has 1 saturated heterocycles. The van der Waals surface area contributed by atoms with Gasteiger partial charge in [-0.15, -0.1) is 0 Å². The van der Waals surface area contributed by atoms with E-state index >= 15 is 0 Å². The summed E-state index contributed by atoms with van der Waals surface area (Å²) in [6.45, 7) is 0. The third-order valence-electron chi connectivity index (χ3n) is 1.12. The first kappa shape index (κ1) is 5.82. The molecule has 1 heterocycles. The average molecular weight is 132 g/mol. The van der Waals surface area contributed by atoms with Crippen LogP contribution in [0, 0.1) is 6.42 Å². The van der Waals surface area contributed by atoms with Crippen LogP contribution in [0.4, 0.5) is 0 Å². The lowest BCUT2D eigenvalue weighted by Gasteiger charge is -2.07. The van der Waals surface area contributed by atoms with Gasteiger partial charge in [-0.1, -0.05) is 0 Å². The van der Waals surface area contributed by atoms with Crippen molar-refractivity contribution in [1.29, 1.82) is 0 Å². The first-order chi connectivity index (χ1) is 3.80. The van der Waals surface area contributed by atoms with Gasteiger partial charge in [0.1, 0.15) is 0 Å². The average Bonchev–Trinajstić information content (AvgIpc) is 1.77. The van der Waals surface area contributed by atoms with Crippen LogP contribution in [0.1, 0.15) is 6.42 Å². The Morgan fingerprint density at radius 3 is 2.62 bits per heavy atom. The number of carbonyl (C=O) groups is 2. The van der Waals surface area contributed by atoms with Crippen molar-refractivity contribution in [2.24, 2.45) is 0 Å². The third kappa shape index (κ3) is 1.10. The Bertz CT molecular complexity index is 114. The molecule has 2 nitrogen and oxygen atoms in total. The molecule has 1 rings (SSSR count). The minimum Gasteiger partial charge on any atom is -0.289 e. The van der Waals surface area contributed by atoms with Crippen molar-refractivity contribution < 1.29 is 9.59 Å². The Balaban J connectivity index is 2.52. The van der Waals surface area contributed by atoms with Crippen LogP contribution in [0.25, 0.3) is 0 Å². The largest absolute Gasteiger partial charge is 0.289 e. The number of hydrogen-bond acceptors (Lipinski definition) is 2. The monoisotopic (exact) mass is 132 g/mol. The SMILES string of the molecule is O=C1[C]CC[SH4]C1=O. The fraction of sp³-hybridized carbons (Fsp3) is 0.400. The second kappa shape index (κ2) is 2.31. The molecule has 0 aromatic heterocycles. The summed E-state index contributed by atoms with van der Waals surface area (Å²) in [4.78, 5) is 20.8. The van der Waals surface area contributed by atoms with Crippen molar-refractivity contribution in [3.05, 3.63) is 6.42 Å². The van der Waals surface area contributed by atoms with Gasteiger partial charge in [0, 0.05) is 0 Å². The van der Waals surface area contributed by atoms with Crippen LogP contribution in [0.3, 0.4) is 0 Å². The van der Waals surface area contributed by atoms with E-state index in [1.807, 2.05) is 0 Å². The number of carbonyl (C=O) groups excluding carboxylic acids is 2. The maximum atomic E-state index is 10.4. The summed E-state index contributed by atoms with van der Waals surface area (Å²) >= 11 is -0.666. The molecular weight excluding hydrogens is 124 g/mol. The zero-order valence-corrected chi connectivity index (χ0v) is 5.85.